The minimum atomic E-state index is 0.288. The van der Waals surface area contributed by atoms with Crippen molar-refractivity contribution in [1.29, 1.82) is 0 Å². The van der Waals surface area contributed by atoms with E-state index in [0.717, 1.165) is 63.8 Å². The molecule has 0 atom stereocenters. The largest absolute Gasteiger partial charge is 0.474 e. The molecule has 0 saturated heterocycles. The lowest BCUT2D eigenvalue weighted by Gasteiger charge is -2.26. The first-order valence-corrected chi connectivity index (χ1v) is 11.0. The van der Waals surface area contributed by atoms with Gasteiger partial charge in [-0.1, -0.05) is 6.92 Å². The molecule has 1 saturated carbocycles. The standard InChI is InChI=1S/C25H27N5O/c1-15-4-8-19(9-5-15)31-23-11-7-18(13-27-23)22-12-16(2)20(14-26-22)24-29-21-10-6-17(3)28-25(21)30-24/h6-7,10-15,19H,4-5,8-9H2,1-3H3,(H,28,29,30). The second kappa shape index (κ2) is 8.10. The number of H-pyrrole nitrogens is 1. The average molecular weight is 414 g/mol. The van der Waals surface area contributed by atoms with Gasteiger partial charge in [-0.3, -0.25) is 4.98 Å². The van der Waals surface area contributed by atoms with Crippen LogP contribution in [0.25, 0.3) is 33.8 Å². The highest BCUT2D eigenvalue weighted by Crippen LogP contribution is 2.29. The van der Waals surface area contributed by atoms with Crippen LogP contribution in [0.3, 0.4) is 0 Å². The number of imidazole rings is 1. The highest BCUT2D eigenvalue weighted by molar-refractivity contribution is 5.77. The first kappa shape index (κ1) is 19.7. The third-order valence-electron chi connectivity index (χ3n) is 6.13. The van der Waals surface area contributed by atoms with Gasteiger partial charge >= 0.3 is 0 Å². The van der Waals surface area contributed by atoms with Crippen LogP contribution >= 0.6 is 0 Å². The number of hydrogen-bond donors (Lipinski definition) is 1. The molecular weight excluding hydrogens is 386 g/mol. The Morgan fingerprint density at radius 1 is 0.935 bits per heavy atom. The Morgan fingerprint density at radius 3 is 2.52 bits per heavy atom. The number of nitrogens with one attached hydrogen (secondary N) is 1. The SMILES string of the molecule is Cc1ccc2[nH]c(-c3cnc(-c4ccc(OC5CCC(C)CC5)nc4)cc3C)nc2n1. The van der Waals surface area contributed by atoms with Gasteiger partial charge in [0.1, 0.15) is 11.9 Å². The van der Waals surface area contributed by atoms with Crippen LogP contribution in [-0.2, 0) is 0 Å². The lowest BCUT2D eigenvalue weighted by Crippen LogP contribution is -2.23. The number of aromatic amines is 1. The second-order valence-corrected chi connectivity index (χ2v) is 8.68. The monoisotopic (exact) mass is 413 g/mol. The molecule has 0 spiro atoms. The number of aryl methyl sites for hydroxylation is 2. The summed E-state index contributed by atoms with van der Waals surface area (Å²) >= 11 is 0. The van der Waals surface area contributed by atoms with Crippen LogP contribution in [0.1, 0.15) is 43.9 Å². The lowest BCUT2D eigenvalue weighted by atomic mass is 9.89. The van der Waals surface area contributed by atoms with Gasteiger partial charge in [0, 0.05) is 35.3 Å². The number of fused-ring (bicyclic) bond motifs is 1. The van der Waals surface area contributed by atoms with Crippen LogP contribution in [0, 0.1) is 19.8 Å². The maximum atomic E-state index is 6.08. The Kier molecular flexibility index (Phi) is 5.14. The van der Waals surface area contributed by atoms with E-state index in [1.165, 1.54) is 12.8 Å². The van der Waals surface area contributed by atoms with Crippen LogP contribution in [0.15, 0.2) is 42.7 Å². The first-order valence-electron chi connectivity index (χ1n) is 11.0. The first-order chi connectivity index (χ1) is 15.0. The van der Waals surface area contributed by atoms with E-state index >= 15 is 0 Å². The topological polar surface area (TPSA) is 76.6 Å². The third kappa shape index (κ3) is 4.15. The molecule has 6 heteroatoms. The van der Waals surface area contributed by atoms with Gasteiger partial charge in [-0.15, -0.1) is 0 Å². The zero-order chi connectivity index (χ0) is 21.4. The summed E-state index contributed by atoms with van der Waals surface area (Å²) in [6.07, 6.45) is 8.70. The highest BCUT2D eigenvalue weighted by Gasteiger charge is 2.20. The molecular formula is C25H27N5O. The van der Waals surface area contributed by atoms with Gasteiger partial charge in [-0.25, -0.2) is 15.0 Å². The van der Waals surface area contributed by atoms with Crippen molar-refractivity contribution in [3.05, 3.63) is 54.0 Å². The van der Waals surface area contributed by atoms with Gasteiger partial charge < -0.3 is 9.72 Å². The van der Waals surface area contributed by atoms with Crippen LogP contribution in [0.4, 0.5) is 0 Å². The van der Waals surface area contributed by atoms with Gasteiger partial charge in [0.05, 0.1) is 11.2 Å². The van der Waals surface area contributed by atoms with Crippen molar-refractivity contribution in [3.63, 3.8) is 0 Å². The zero-order valence-corrected chi connectivity index (χ0v) is 18.2. The minimum absolute atomic E-state index is 0.288. The van der Waals surface area contributed by atoms with E-state index in [4.69, 9.17) is 4.74 Å². The smallest absolute Gasteiger partial charge is 0.213 e. The zero-order valence-electron chi connectivity index (χ0n) is 18.2. The molecule has 1 fully saturated rings. The predicted octanol–water partition coefficient (Wildman–Crippen LogP) is 5.66. The van der Waals surface area contributed by atoms with Crippen molar-refractivity contribution >= 4 is 11.2 Å². The molecule has 4 heterocycles. The van der Waals surface area contributed by atoms with Crippen molar-refractivity contribution < 1.29 is 4.74 Å². The van der Waals surface area contributed by atoms with E-state index in [1.54, 1.807) is 0 Å². The molecule has 0 aromatic carbocycles. The molecule has 6 nitrogen and oxygen atoms in total. The van der Waals surface area contributed by atoms with Crippen LogP contribution < -0.4 is 4.74 Å². The molecule has 158 valence electrons. The number of nitrogens with zero attached hydrogens (tertiary/aromatic N) is 4. The number of hydrogen-bond acceptors (Lipinski definition) is 5. The van der Waals surface area contributed by atoms with Crippen molar-refractivity contribution in [3.8, 4) is 28.5 Å². The summed E-state index contributed by atoms with van der Waals surface area (Å²) in [6, 6.07) is 10.0. The Hall–Kier alpha value is -3.28. The average Bonchev–Trinajstić information content (AvgIpc) is 3.18. The summed E-state index contributed by atoms with van der Waals surface area (Å²) in [5.74, 6) is 2.29. The predicted molar refractivity (Wildman–Crippen MR) is 122 cm³/mol. The van der Waals surface area contributed by atoms with Crippen molar-refractivity contribution in [2.75, 3.05) is 0 Å². The second-order valence-electron chi connectivity index (χ2n) is 8.68. The lowest BCUT2D eigenvalue weighted by molar-refractivity contribution is 0.130. The minimum Gasteiger partial charge on any atom is -0.474 e. The van der Waals surface area contributed by atoms with Gasteiger partial charge in [0.25, 0.3) is 0 Å². The molecule has 1 aliphatic carbocycles. The Labute approximate surface area is 182 Å². The molecule has 1 aliphatic rings. The summed E-state index contributed by atoms with van der Waals surface area (Å²) in [5, 5.41) is 0. The molecule has 0 amide bonds. The molecule has 31 heavy (non-hydrogen) atoms. The number of pyridine rings is 3. The van der Waals surface area contributed by atoms with Gasteiger partial charge in [0.15, 0.2) is 5.65 Å². The summed E-state index contributed by atoms with van der Waals surface area (Å²) < 4.78 is 6.08. The Balaban J connectivity index is 1.34. The van der Waals surface area contributed by atoms with Crippen molar-refractivity contribution in [1.82, 2.24) is 24.9 Å². The van der Waals surface area contributed by atoms with E-state index in [-0.39, 0.29) is 6.10 Å². The molecule has 1 N–H and O–H groups in total. The molecule has 0 bridgehead atoms. The molecule has 0 radical (unpaired) electrons. The number of rotatable bonds is 4. The molecule has 4 aromatic rings. The van der Waals surface area contributed by atoms with Crippen LogP contribution in [0.2, 0.25) is 0 Å². The summed E-state index contributed by atoms with van der Waals surface area (Å²) in [4.78, 5) is 21.7. The Morgan fingerprint density at radius 2 is 1.77 bits per heavy atom. The van der Waals surface area contributed by atoms with E-state index in [2.05, 4.69) is 44.8 Å². The molecule has 5 rings (SSSR count). The van der Waals surface area contributed by atoms with Crippen molar-refractivity contribution in [2.24, 2.45) is 5.92 Å². The quantitative estimate of drug-likeness (QED) is 0.467. The number of ether oxygens (including phenoxy) is 1. The maximum Gasteiger partial charge on any atom is 0.213 e. The van der Waals surface area contributed by atoms with Gasteiger partial charge in [-0.05, 0) is 75.3 Å². The fourth-order valence-electron chi connectivity index (χ4n) is 4.20. The van der Waals surface area contributed by atoms with Gasteiger partial charge in [0.2, 0.25) is 5.88 Å². The summed E-state index contributed by atoms with van der Waals surface area (Å²) in [7, 11) is 0. The fraction of sp³-hybridized carbons (Fsp3) is 0.360. The Bertz CT molecular complexity index is 1210. The van der Waals surface area contributed by atoms with Crippen LogP contribution in [0.5, 0.6) is 5.88 Å². The van der Waals surface area contributed by atoms with E-state index < -0.39 is 0 Å². The van der Waals surface area contributed by atoms with E-state index in [0.29, 0.717) is 5.88 Å². The normalized spacial score (nSPS) is 18.9. The molecule has 4 aromatic heterocycles. The fourth-order valence-corrected chi connectivity index (χ4v) is 4.20. The van der Waals surface area contributed by atoms with Gasteiger partial charge in [-0.2, -0.15) is 0 Å². The number of aromatic nitrogens is 5. The van der Waals surface area contributed by atoms with E-state index in [9.17, 15) is 0 Å². The van der Waals surface area contributed by atoms with Crippen molar-refractivity contribution in [2.45, 2.75) is 52.6 Å². The third-order valence-corrected chi connectivity index (χ3v) is 6.13. The van der Waals surface area contributed by atoms with Crippen LogP contribution in [-0.4, -0.2) is 31.0 Å². The maximum absolute atomic E-state index is 6.08. The summed E-state index contributed by atoms with van der Waals surface area (Å²) in [5.41, 5.74) is 6.53. The molecule has 0 aliphatic heterocycles. The summed E-state index contributed by atoms with van der Waals surface area (Å²) in [6.45, 7) is 6.35. The van der Waals surface area contributed by atoms with E-state index in [1.807, 2.05) is 43.6 Å². The molecule has 0 unspecified atom stereocenters. The highest BCUT2D eigenvalue weighted by atomic mass is 16.5.